The summed E-state index contributed by atoms with van der Waals surface area (Å²) in [5.41, 5.74) is 0. The highest BCUT2D eigenvalue weighted by atomic mass is 31.2. The second kappa shape index (κ2) is 35.5. The van der Waals surface area contributed by atoms with Crippen molar-refractivity contribution < 1.29 is 62.2 Å². The van der Waals surface area contributed by atoms with Gasteiger partial charge in [0.1, 0.15) is 25.5 Å². The van der Waals surface area contributed by atoms with E-state index in [0.29, 0.717) is 36.7 Å². The molecule has 4 N–H and O–H groups in total. The molecular weight excluding hydrogens is 813 g/mol. The number of likely N-dealkylation sites (N-methyl/N-ethyl adjacent to an activating group) is 1. The van der Waals surface area contributed by atoms with Gasteiger partial charge in [-0.15, -0.1) is 0 Å². The van der Waals surface area contributed by atoms with Gasteiger partial charge in [0.2, 0.25) is 0 Å². The van der Waals surface area contributed by atoms with Crippen molar-refractivity contribution >= 4 is 25.5 Å². The summed E-state index contributed by atoms with van der Waals surface area (Å²) in [6.07, 6.45) is 26.0. The molecule has 0 aromatic carbocycles. The van der Waals surface area contributed by atoms with E-state index in [0.717, 1.165) is 38.5 Å². The van der Waals surface area contributed by atoms with Gasteiger partial charge in [0, 0.05) is 43.9 Å². The molecule has 62 heavy (non-hydrogen) atoms. The maximum atomic E-state index is 12.9. The SMILES string of the molecule is CCCCCCCCCCCCCCCCCCCC(=O)OC[C@H](COP(=O)(O)OCC[N+](C)(C)C)OC(=O)CCCCC(=O)C[C@@H]1[C@@H](/C=C/[C@@H](O)CCCCC)[C@H](O)C[C@@H]1O. The highest BCUT2D eigenvalue weighted by Crippen LogP contribution is 2.43. The van der Waals surface area contributed by atoms with Gasteiger partial charge >= 0.3 is 19.8 Å². The minimum atomic E-state index is -4.48. The first-order valence-electron chi connectivity index (χ1n) is 24.6. The van der Waals surface area contributed by atoms with Crippen LogP contribution in [-0.4, -0.2) is 114 Å². The largest absolute Gasteiger partial charge is 0.472 e. The van der Waals surface area contributed by atoms with Crippen LogP contribution < -0.4 is 0 Å². The van der Waals surface area contributed by atoms with Crippen LogP contribution in [0.1, 0.15) is 194 Å². The number of hydrogen-bond acceptors (Lipinski definition) is 11. The number of aliphatic hydroxyl groups excluding tert-OH is 3. The number of nitrogens with zero attached hydrogens (tertiary/aromatic N) is 1. The number of quaternary nitrogens is 1. The summed E-state index contributed by atoms with van der Waals surface area (Å²) in [5, 5.41) is 31.4. The molecule has 0 radical (unpaired) electrons. The number of phosphoric acid groups is 1. The molecule has 0 aromatic rings. The molecule has 0 amide bonds. The molecule has 0 aliphatic heterocycles. The van der Waals surface area contributed by atoms with Crippen molar-refractivity contribution in [2.75, 3.05) is 47.5 Å². The van der Waals surface area contributed by atoms with Crippen LogP contribution in [0.3, 0.4) is 0 Å². The van der Waals surface area contributed by atoms with Gasteiger partial charge < -0.3 is 34.2 Å². The van der Waals surface area contributed by atoms with Gasteiger partial charge in [0.25, 0.3) is 0 Å². The molecule has 7 atom stereocenters. The van der Waals surface area contributed by atoms with Crippen LogP contribution in [0.15, 0.2) is 12.2 Å². The van der Waals surface area contributed by atoms with Crippen molar-refractivity contribution in [2.24, 2.45) is 11.8 Å². The Balaban J connectivity index is 2.46. The van der Waals surface area contributed by atoms with Gasteiger partial charge in [-0.3, -0.25) is 23.4 Å². The molecule has 0 heterocycles. The van der Waals surface area contributed by atoms with Gasteiger partial charge in [-0.05, 0) is 25.7 Å². The van der Waals surface area contributed by atoms with Crippen molar-refractivity contribution in [3.8, 4) is 0 Å². The van der Waals surface area contributed by atoms with Crippen molar-refractivity contribution in [1.82, 2.24) is 0 Å². The molecule has 0 bridgehead atoms. The van der Waals surface area contributed by atoms with Crippen LogP contribution in [-0.2, 0) is 37.5 Å². The predicted octanol–water partition coefficient (Wildman–Crippen LogP) is 9.70. The van der Waals surface area contributed by atoms with E-state index < -0.39 is 62.6 Å². The van der Waals surface area contributed by atoms with Crippen molar-refractivity contribution in [1.29, 1.82) is 0 Å². The summed E-state index contributed by atoms with van der Waals surface area (Å²) < 4.78 is 34.2. The number of ether oxygens (including phenoxy) is 2. The number of carbonyl (C=O) groups excluding carboxylic acids is 3. The fourth-order valence-electron chi connectivity index (χ4n) is 7.83. The first kappa shape index (κ1) is 58.3. The first-order valence-corrected chi connectivity index (χ1v) is 26.1. The maximum absolute atomic E-state index is 12.9. The number of ketones is 1. The zero-order valence-electron chi connectivity index (χ0n) is 39.7. The standard InChI is InChI=1S/C48H90NO12P/c1-6-8-10-11-12-13-14-15-16-17-18-19-20-21-22-23-25-30-47(54)58-38-42(39-60-62(56,57)59-35-34-49(3,4)5)61-48(55)31-27-26-29-41(51)36-44-43(45(52)37-46(44)53)33-32-40(50)28-24-9-7-2/h32-33,40,42-46,50,52-53H,6-31,34-39H2,1-5H3/p+1/b33-32+/t40-,42+,43+,44+,45+,46-/m0/s1. The summed E-state index contributed by atoms with van der Waals surface area (Å²) in [6, 6.07) is 0. The molecule has 1 aliphatic carbocycles. The van der Waals surface area contributed by atoms with Crippen LogP contribution in [0.2, 0.25) is 0 Å². The van der Waals surface area contributed by atoms with Crippen molar-refractivity contribution in [2.45, 2.75) is 218 Å². The molecule has 364 valence electrons. The molecule has 14 heteroatoms. The van der Waals surface area contributed by atoms with Crippen LogP contribution >= 0.6 is 7.82 Å². The van der Waals surface area contributed by atoms with Crippen LogP contribution in [0.25, 0.3) is 0 Å². The van der Waals surface area contributed by atoms with E-state index in [2.05, 4.69) is 13.8 Å². The normalized spacial score (nSPS) is 20.0. The zero-order chi connectivity index (χ0) is 46.1. The fraction of sp³-hybridized carbons (Fsp3) is 0.896. The summed E-state index contributed by atoms with van der Waals surface area (Å²) in [5.74, 6) is -2.07. The Kier molecular flexibility index (Phi) is 33.4. The van der Waals surface area contributed by atoms with Crippen molar-refractivity contribution in [3.63, 3.8) is 0 Å². The summed E-state index contributed by atoms with van der Waals surface area (Å²) in [4.78, 5) is 48.6. The second-order valence-corrected chi connectivity index (χ2v) is 20.3. The number of aliphatic hydroxyl groups is 3. The number of Topliss-reactive ketones (excluding diaryl/α,β-unsaturated/α-hetero) is 1. The van der Waals surface area contributed by atoms with Gasteiger partial charge in [-0.25, -0.2) is 4.57 Å². The molecule has 1 saturated carbocycles. The number of rotatable bonds is 41. The fourth-order valence-corrected chi connectivity index (χ4v) is 8.58. The molecule has 1 fully saturated rings. The molecular formula is C48H91NO12P+. The number of phosphoric ester groups is 1. The Hall–Kier alpha value is -1.70. The average Bonchev–Trinajstić information content (AvgIpc) is 3.47. The molecule has 1 unspecified atom stereocenters. The predicted molar refractivity (Wildman–Crippen MR) is 245 cm³/mol. The molecule has 0 spiro atoms. The van der Waals surface area contributed by atoms with Crippen LogP contribution in [0, 0.1) is 11.8 Å². The quantitative estimate of drug-likeness (QED) is 0.0150. The summed E-state index contributed by atoms with van der Waals surface area (Å²) in [7, 11) is 1.26. The van der Waals surface area contributed by atoms with E-state index in [1.54, 1.807) is 12.2 Å². The maximum Gasteiger partial charge on any atom is 0.472 e. The Morgan fingerprint density at radius 1 is 0.677 bits per heavy atom. The van der Waals surface area contributed by atoms with Gasteiger partial charge in [0.15, 0.2) is 6.10 Å². The number of carbonyl (C=O) groups is 3. The van der Waals surface area contributed by atoms with E-state index >= 15 is 0 Å². The monoisotopic (exact) mass is 905 g/mol. The van der Waals surface area contributed by atoms with Crippen LogP contribution in [0.5, 0.6) is 0 Å². The lowest BCUT2D eigenvalue weighted by Gasteiger charge is -2.24. The Labute approximate surface area is 376 Å². The molecule has 13 nitrogen and oxygen atoms in total. The zero-order valence-corrected chi connectivity index (χ0v) is 40.6. The van der Waals surface area contributed by atoms with E-state index in [-0.39, 0.29) is 51.1 Å². The third-order valence-electron chi connectivity index (χ3n) is 11.8. The number of hydrogen-bond donors (Lipinski definition) is 4. The minimum absolute atomic E-state index is 0.0330. The smallest absolute Gasteiger partial charge is 0.462 e. The Morgan fingerprint density at radius 3 is 1.74 bits per heavy atom. The van der Waals surface area contributed by atoms with E-state index in [9.17, 15) is 39.2 Å². The minimum Gasteiger partial charge on any atom is -0.462 e. The lowest BCUT2D eigenvalue weighted by molar-refractivity contribution is -0.870. The third-order valence-corrected chi connectivity index (χ3v) is 12.8. The molecule has 1 aliphatic rings. The average molecular weight is 905 g/mol. The lowest BCUT2D eigenvalue weighted by atomic mass is 9.87. The molecule has 1 rings (SSSR count). The number of esters is 2. The van der Waals surface area contributed by atoms with E-state index in [4.69, 9.17) is 18.5 Å². The topological polar surface area (TPSA) is 186 Å². The summed E-state index contributed by atoms with van der Waals surface area (Å²) >= 11 is 0. The highest BCUT2D eigenvalue weighted by Gasteiger charge is 2.41. The van der Waals surface area contributed by atoms with Crippen molar-refractivity contribution in [3.05, 3.63) is 12.2 Å². The Bertz CT molecular complexity index is 1240. The first-order chi connectivity index (χ1) is 29.6. The molecule has 0 aromatic heterocycles. The third kappa shape index (κ3) is 32.0. The van der Waals surface area contributed by atoms with E-state index in [1.807, 2.05) is 21.1 Å². The second-order valence-electron chi connectivity index (χ2n) is 18.8. The lowest BCUT2D eigenvalue weighted by Crippen LogP contribution is -2.37. The molecule has 0 saturated heterocycles. The summed E-state index contributed by atoms with van der Waals surface area (Å²) in [6.45, 7) is 3.90. The van der Waals surface area contributed by atoms with Gasteiger partial charge in [-0.2, -0.15) is 0 Å². The number of unbranched alkanes of at least 4 members (excludes halogenated alkanes) is 19. The van der Waals surface area contributed by atoms with E-state index in [1.165, 1.54) is 83.5 Å². The highest BCUT2D eigenvalue weighted by molar-refractivity contribution is 7.47. The van der Waals surface area contributed by atoms with Gasteiger partial charge in [0.05, 0.1) is 46.1 Å². The van der Waals surface area contributed by atoms with Gasteiger partial charge in [-0.1, -0.05) is 148 Å². The Morgan fingerprint density at radius 2 is 1.18 bits per heavy atom. The van der Waals surface area contributed by atoms with Crippen LogP contribution in [0.4, 0.5) is 0 Å².